The van der Waals surface area contributed by atoms with Gasteiger partial charge in [-0.15, -0.1) is 5.10 Å². The Hall–Kier alpha value is -2.38. The first kappa shape index (κ1) is 17.7. The summed E-state index contributed by atoms with van der Waals surface area (Å²) < 4.78 is 14.2. The van der Waals surface area contributed by atoms with Crippen LogP contribution < -0.4 is 5.73 Å². The second-order valence-corrected chi connectivity index (χ2v) is 7.38. The second kappa shape index (κ2) is 6.06. The molecule has 3 aromatic rings. The van der Waals surface area contributed by atoms with E-state index in [-0.39, 0.29) is 12.1 Å². The zero-order valence-electron chi connectivity index (χ0n) is 15.1. The quantitative estimate of drug-likeness (QED) is 0.431. The summed E-state index contributed by atoms with van der Waals surface area (Å²) in [6, 6.07) is 0. The van der Waals surface area contributed by atoms with Crippen LogP contribution in [0.2, 0.25) is 0 Å². The lowest BCUT2D eigenvalue weighted by Gasteiger charge is -2.27. The fourth-order valence-electron chi connectivity index (χ4n) is 3.90. The number of hydrogen-bond acceptors (Lipinski definition) is 10. The molecular weight excluding hydrogens is 370 g/mol. The number of aromatic nitrogens is 6. The number of aliphatic hydroxyl groups excluding tert-OH is 2. The van der Waals surface area contributed by atoms with Gasteiger partial charge in [0.25, 0.3) is 0 Å². The van der Waals surface area contributed by atoms with Crippen LogP contribution in [0.4, 0.5) is 5.95 Å². The minimum Gasteiger partial charge on any atom is -0.394 e. The topological polar surface area (TPSA) is 166 Å². The molecule has 0 spiro atoms. The first-order chi connectivity index (χ1) is 13.4. The van der Waals surface area contributed by atoms with Crippen LogP contribution in [0.25, 0.3) is 16.8 Å². The molecule has 3 aromatic heterocycles. The zero-order valence-corrected chi connectivity index (χ0v) is 15.1. The Morgan fingerprint density at radius 3 is 2.86 bits per heavy atom. The van der Waals surface area contributed by atoms with Crippen molar-refractivity contribution in [3.05, 3.63) is 12.2 Å². The molecule has 2 aliphatic heterocycles. The molecule has 12 heteroatoms. The van der Waals surface area contributed by atoms with E-state index in [0.29, 0.717) is 29.2 Å². The number of ether oxygens (including phenoxy) is 2. The van der Waals surface area contributed by atoms with Crippen molar-refractivity contribution >= 4 is 22.8 Å². The lowest BCUT2D eigenvalue weighted by Crippen LogP contribution is -2.44. The van der Waals surface area contributed by atoms with Crippen LogP contribution in [0.3, 0.4) is 0 Å². The first-order valence-electron chi connectivity index (χ1n) is 9.09. The van der Waals surface area contributed by atoms with E-state index in [2.05, 4.69) is 20.1 Å². The molecule has 5 N–H and O–H groups in total. The van der Waals surface area contributed by atoms with Crippen molar-refractivity contribution in [2.75, 3.05) is 18.9 Å². The van der Waals surface area contributed by atoms with E-state index >= 15 is 0 Å². The normalized spacial score (nSPS) is 33.4. The highest BCUT2D eigenvalue weighted by Crippen LogP contribution is 2.39. The third-order valence-electron chi connectivity index (χ3n) is 5.45. The largest absolute Gasteiger partial charge is 0.394 e. The average Bonchev–Trinajstić information content (AvgIpc) is 3.42. The molecular formula is C16H21N7O5. The number of anilines is 1. The third-order valence-corrected chi connectivity index (χ3v) is 5.45. The lowest BCUT2D eigenvalue weighted by atomic mass is 9.96. The van der Waals surface area contributed by atoms with Gasteiger partial charge in [0.2, 0.25) is 5.95 Å². The summed E-state index contributed by atoms with van der Waals surface area (Å²) in [6.45, 7) is 1.66. The SMILES string of the molecule is C[C@@]1(O)[C@H](O)[C@@H](CO)O[C@H]1n1cnc2c1nc(N)n1nc(C3CCCO3)nc21. The number of nitrogens with zero attached hydrogens (tertiary/aromatic N) is 6. The summed E-state index contributed by atoms with van der Waals surface area (Å²) in [7, 11) is 0. The van der Waals surface area contributed by atoms with Crippen molar-refractivity contribution in [2.24, 2.45) is 0 Å². The van der Waals surface area contributed by atoms with E-state index in [9.17, 15) is 15.3 Å². The molecule has 5 atom stereocenters. The summed E-state index contributed by atoms with van der Waals surface area (Å²) in [6.07, 6.45) is -0.196. The van der Waals surface area contributed by atoms with Gasteiger partial charge in [0.15, 0.2) is 28.9 Å². The molecule has 0 bridgehead atoms. The van der Waals surface area contributed by atoms with Crippen LogP contribution in [0, 0.1) is 0 Å². The summed E-state index contributed by atoms with van der Waals surface area (Å²) in [5.41, 5.74) is 5.59. The van der Waals surface area contributed by atoms with Gasteiger partial charge in [-0.1, -0.05) is 0 Å². The van der Waals surface area contributed by atoms with Crippen LogP contribution in [-0.4, -0.2) is 75.5 Å². The van der Waals surface area contributed by atoms with Gasteiger partial charge < -0.3 is 30.5 Å². The maximum atomic E-state index is 10.7. The van der Waals surface area contributed by atoms with Crippen LogP contribution in [0.1, 0.15) is 37.9 Å². The number of imidazole rings is 1. The predicted molar refractivity (Wildman–Crippen MR) is 94.0 cm³/mol. The van der Waals surface area contributed by atoms with E-state index in [4.69, 9.17) is 15.2 Å². The van der Waals surface area contributed by atoms with E-state index in [1.807, 2.05) is 0 Å². The van der Waals surface area contributed by atoms with Gasteiger partial charge in [-0.2, -0.15) is 9.50 Å². The van der Waals surface area contributed by atoms with Gasteiger partial charge in [-0.05, 0) is 19.8 Å². The van der Waals surface area contributed by atoms with E-state index < -0.39 is 30.6 Å². The average molecular weight is 391 g/mol. The maximum absolute atomic E-state index is 10.7. The standard InChI is InChI=1S/C16H21N7O5/c1-16(26)10(25)8(5-24)28-14(16)22-6-18-9-12(22)20-15(17)23-13(9)19-11(21-23)7-3-2-4-27-7/h6-8,10,14,24-26H,2-5H2,1H3,(H2,17,20)/t7?,8-,10-,14-,16-/m1/s1. The van der Waals surface area contributed by atoms with Gasteiger partial charge in [-0.3, -0.25) is 4.57 Å². The Labute approximate surface area is 158 Å². The molecule has 0 aliphatic carbocycles. The Balaban J connectivity index is 1.64. The monoisotopic (exact) mass is 391 g/mol. The summed E-state index contributed by atoms with van der Waals surface area (Å²) in [4.78, 5) is 13.3. The van der Waals surface area contributed by atoms with Crippen LogP contribution in [-0.2, 0) is 9.47 Å². The molecule has 0 amide bonds. The molecule has 28 heavy (non-hydrogen) atoms. The highest BCUT2D eigenvalue weighted by Gasteiger charge is 2.53. The number of nitrogens with two attached hydrogens (primary N) is 1. The Morgan fingerprint density at radius 1 is 1.36 bits per heavy atom. The van der Waals surface area contributed by atoms with E-state index in [1.165, 1.54) is 22.3 Å². The fourth-order valence-corrected chi connectivity index (χ4v) is 3.90. The van der Waals surface area contributed by atoms with E-state index in [0.717, 1.165) is 12.8 Å². The van der Waals surface area contributed by atoms with Gasteiger partial charge in [0.05, 0.1) is 12.9 Å². The molecule has 12 nitrogen and oxygen atoms in total. The van der Waals surface area contributed by atoms with Crippen molar-refractivity contribution in [2.45, 2.75) is 49.9 Å². The number of hydrogen-bond donors (Lipinski definition) is 4. The molecule has 0 radical (unpaired) electrons. The van der Waals surface area contributed by atoms with Crippen LogP contribution in [0.15, 0.2) is 6.33 Å². The van der Waals surface area contributed by atoms with Crippen molar-refractivity contribution in [1.82, 2.24) is 29.1 Å². The molecule has 2 aliphatic rings. The summed E-state index contributed by atoms with van der Waals surface area (Å²) in [5.74, 6) is 0.617. The third kappa shape index (κ3) is 2.36. The lowest BCUT2D eigenvalue weighted by molar-refractivity contribution is -0.0950. The highest BCUT2D eigenvalue weighted by molar-refractivity contribution is 5.86. The number of fused-ring (bicyclic) bond motifs is 3. The van der Waals surface area contributed by atoms with Crippen LogP contribution in [0.5, 0.6) is 0 Å². The van der Waals surface area contributed by atoms with Gasteiger partial charge in [0, 0.05) is 6.61 Å². The molecule has 2 saturated heterocycles. The molecule has 150 valence electrons. The Bertz CT molecular complexity index is 1040. The minimum absolute atomic E-state index is 0.0953. The number of rotatable bonds is 3. The predicted octanol–water partition coefficient (Wildman–Crippen LogP) is -1.09. The smallest absolute Gasteiger partial charge is 0.225 e. The molecule has 1 unspecified atom stereocenters. The maximum Gasteiger partial charge on any atom is 0.225 e. The zero-order chi connectivity index (χ0) is 19.6. The van der Waals surface area contributed by atoms with Gasteiger partial charge in [-0.25, -0.2) is 9.97 Å². The second-order valence-electron chi connectivity index (χ2n) is 7.38. The molecule has 5 heterocycles. The van der Waals surface area contributed by atoms with Gasteiger partial charge >= 0.3 is 0 Å². The fraction of sp³-hybridized carbons (Fsp3) is 0.625. The Morgan fingerprint density at radius 2 is 2.18 bits per heavy atom. The first-order valence-corrected chi connectivity index (χ1v) is 9.09. The van der Waals surface area contributed by atoms with Crippen molar-refractivity contribution < 1.29 is 24.8 Å². The highest BCUT2D eigenvalue weighted by atomic mass is 16.6. The Kier molecular flexibility index (Phi) is 3.83. The summed E-state index contributed by atoms with van der Waals surface area (Å²) >= 11 is 0. The van der Waals surface area contributed by atoms with Gasteiger partial charge in [0.1, 0.15) is 23.9 Å². The summed E-state index contributed by atoms with van der Waals surface area (Å²) in [5, 5.41) is 34.8. The molecule has 2 fully saturated rings. The van der Waals surface area contributed by atoms with Crippen molar-refractivity contribution in [1.29, 1.82) is 0 Å². The minimum atomic E-state index is -1.67. The number of nitrogen functional groups attached to an aromatic ring is 1. The van der Waals surface area contributed by atoms with Crippen molar-refractivity contribution in [3.63, 3.8) is 0 Å². The molecule has 5 rings (SSSR count). The van der Waals surface area contributed by atoms with Crippen molar-refractivity contribution in [3.8, 4) is 0 Å². The van der Waals surface area contributed by atoms with E-state index in [1.54, 1.807) is 0 Å². The molecule has 0 saturated carbocycles. The molecule has 0 aromatic carbocycles. The number of aliphatic hydroxyl groups is 3. The van der Waals surface area contributed by atoms with Crippen LogP contribution >= 0.6 is 0 Å².